The number of aryl methyl sites for hydroxylation is 1. The minimum Gasteiger partial charge on any atom is -0.371 e. The Morgan fingerprint density at radius 1 is 0.921 bits per heavy atom. The summed E-state index contributed by atoms with van der Waals surface area (Å²) in [6.45, 7) is 10.5. The van der Waals surface area contributed by atoms with Gasteiger partial charge in [-0.1, -0.05) is 64.1 Å². The summed E-state index contributed by atoms with van der Waals surface area (Å²) in [6, 6.07) is 21.6. The molecule has 0 aliphatic carbocycles. The fourth-order valence-corrected chi connectivity index (χ4v) is 5.93. The Labute approximate surface area is 228 Å². The van der Waals surface area contributed by atoms with Gasteiger partial charge in [-0.3, -0.25) is 4.79 Å². The number of hydrogen-bond donors (Lipinski definition) is 1. The van der Waals surface area contributed by atoms with E-state index in [0.29, 0.717) is 0 Å². The van der Waals surface area contributed by atoms with E-state index < -0.39 is 9.84 Å². The highest BCUT2D eigenvalue weighted by molar-refractivity contribution is 7.91. The molecule has 0 fully saturated rings. The number of sulfone groups is 1. The smallest absolute Gasteiger partial charge is 0.228 e. The number of benzene rings is 3. The Kier molecular flexibility index (Phi) is 8.61. The van der Waals surface area contributed by atoms with Gasteiger partial charge in [0.1, 0.15) is 0 Å². The molecule has 38 heavy (non-hydrogen) atoms. The van der Waals surface area contributed by atoms with Gasteiger partial charge in [0, 0.05) is 24.5 Å². The maximum absolute atomic E-state index is 12.5. The summed E-state index contributed by atoms with van der Waals surface area (Å²) in [5.41, 5.74) is 7.31. The number of hydrogen-bond acceptors (Lipinski definition) is 4. The zero-order valence-corrected chi connectivity index (χ0v) is 23.9. The first-order valence-electron chi connectivity index (χ1n) is 13.6. The molecule has 202 valence electrons. The van der Waals surface area contributed by atoms with E-state index in [9.17, 15) is 13.2 Å². The second kappa shape index (κ2) is 11.7. The molecule has 3 aromatic carbocycles. The van der Waals surface area contributed by atoms with Crippen molar-refractivity contribution in [3.05, 3.63) is 89.0 Å². The fourth-order valence-electron chi connectivity index (χ4n) is 5.04. The first kappa shape index (κ1) is 27.9. The molecule has 1 amide bonds. The molecule has 4 rings (SSSR count). The monoisotopic (exact) mass is 532 g/mol. The molecule has 0 atom stereocenters. The summed E-state index contributed by atoms with van der Waals surface area (Å²) in [7, 11) is -3.24. The fraction of sp³-hybridized carbons (Fsp3) is 0.406. The summed E-state index contributed by atoms with van der Waals surface area (Å²) < 4.78 is 23.9. The summed E-state index contributed by atoms with van der Waals surface area (Å²) in [5.74, 6) is -0.0631. The largest absolute Gasteiger partial charge is 0.371 e. The molecule has 0 radical (unpaired) electrons. The third-order valence-corrected chi connectivity index (χ3v) is 8.78. The van der Waals surface area contributed by atoms with Crippen LogP contribution in [0.1, 0.15) is 56.4 Å². The van der Waals surface area contributed by atoms with Crippen LogP contribution in [0.2, 0.25) is 0 Å². The lowest BCUT2D eigenvalue weighted by Gasteiger charge is -2.32. The zero-order chi connectivity index (χ0) is 27.3. The first-order valence-corrected chi connectivity index (χ1v) is 15.2. The molecular weight excluding hydrogens is 492 g/mol. The second-order valence-corrected chi connectivity index (χ2v) is 13.8. The van der Waals surface area contributed by atoms with Crippen LogP contribution in [0, 0.1) is 5.41 Å². The van der Waals surface area contributed by atoms with Crippen LogP contribution in [0.25, 0.3) is 0 Å². The lowest BCUT2D eigenvalue weighted by atomic mass is 9.87. The van der Waals surface area contributed by atoms with Gasteiger partial charge in [-0.2, -0.15) is 0 Å². The molecule has 1 heterocycles. The van der Waals surface area contributed by atoms with Gasteiger partial charge in [0.25, 0.3) is 0 Å². The van der Waals surface area contributed by atoms with E-state index >= 15 is 0 Å². The van der Waals surface area contributed by atoms with Crippen molar-refractivity contribution in [3.8, 4) is 0 Å². The lowest BCUT2D eigenvalue weighted by Crippen LogP contribution is -2.31. The molecule has 0 aromatic heterocycles. The van der Waals surface area contributed by atoms with E-state index in [-0.39, 0.29) is 28.4 Å². The van der Waals surface area contributed by atoms with Crippen LogP contribution in [-0.2, 0) is 40.3 Å². The number of nitrogens with one attached hydrogen (secondary N) is 1. The third kappa shape index (κ3) is 7.47. The van der Waals surface area contributed by atoms with E-state index in [2.05, 4.69) is 61.3 Å². The van der Waals surface area contributed by atoms with Crippen molar-refractivity contribution in [2.24, 2.45) is 5.41 Å². The predicted octanol–water partition coefficient (Wildman–Crippen LogP) is 6.25. The van der Waals surface area contributed by atoms with E-state index in [1.807, 2.05) is 12.1 Å². The number of rotatable bonds is 9. The molecule has 6 heteroatoms. The molecule has 0 saturated carbocycles. The molecular formula is C32H40N2O3S. The molecule has 3 aromatic rings. The summed E-state index contributed by atoms with van der Waals surface area (Å²) in [6.07, 6.45) is 4.56. The number of amides is 1. The van der Waals surface area contributed by atoms with Gasteiger partial charge in [0.05, 0.1) is 17.1 Å². The molecule has 5 nitrogen and oxygen atoms in total. The van der Waals surface area contributed by atoms with Crippen LogP contribution < -0.4 is 10.2 Å². The Bertz CT molecular complexity index is 1360. The van der Waals surface area contributed by atoms with E-state index in [1.165, 1.54) is 28.8 Å². The Morgan fingerprint density at radius 2 is 1.58 bits per heavy atom. The molecule has 0 spiro atoms. The molecule has 1 aliphatic heterocycles. The Balaban J connectivity index is 1.32. The van der Waals surface area contributed by atoms with Crippen molar-refractivity contribution < 1.29 is 13.2 Å². The van der Waals surface area contributed by atoms with Crippen LogP contribution in [0.5, 0.6) is 0 Å². The van der Waals surface area contributed by atoms with Gasteiger partial charge in [0.2, 0.25) is 5.91 Å². The van der Waals surface area contributed by atoms with Gasteiger partial charge in [-0.25, -0.2) is 8.42 Å². The topological polar surface area (TPSA) is 66.5 Å². The highest BCUT2D eigenvalue weighted by Crippen LogP contribution is 2.31. The van der Waals surface area contributed by atoms with Crippen molar-refractivity contribution in [2.45, 2.75) is 64.7 Å². The van der Waals surface area contributed by atoms with Gasteiger partial charge in [-0.15, -0.1) is 0 Å². The quantitative estimate of drug-likeness (QED) is 0.354. The standard InChI is InChI=1S/C32H40N2O3S/c1-5-38(36,37)29-16-11-25(12-17-29)22-31(35)33-28-14-9-24(10-15-28)18-20-34-19-6-7-27-13-8-26(21-30(27)34)23-32(2,3)4/h8-17,21H,5-7,18-20,22-23H2,1-4H3,(H,33,35). The maximum atomic E-state index is 12.5. The number of fused-ring (bicyclic) bond motifs is 1. The number of nitrogens with zero attached hydrogens (tertiary/aromatic N) is 1. The zero-order valence-electron chi connectivity index (χ0n) is 23.1. The van der Waals surface area contributed by atoms with Crippen LogP contribution in [0.15, 0.2) is 71.6 Å². The van der Waals surface area contributed by atoms with Crippen LogP contribution in [-0.4, -0.2) is 33.2 Å². The molecule has 0 saturated heterocycles. The molecule has 1 N–H and O–H groups in total. The highest BCUT2D eigenvalue weighted by atomic mass is 32.2. The number of anilines is 2. The molecule has 0 bridgehead atoms. The normalized spacial score (nSPS) is 13.7. The Morgan fingerprint density at radius 3 is 2.24 bits per heavy atom. The number of carbonyl (C=O) groups is 1. The second-order valence-electron chi connectivity index (χ2n) is 11.5. The highest BCUT2D eigenvalue weighted by Gasteiger charge is 2.19. The molecule has 0 unspecified atom stereocenters. The Hall–Kier alpha value is -3.12. The average Bonchev–Trinajstić information content (AvgIpc) is 2.87. The van der Waals surface area contributed by atoms with E-state index in [1.54, 1.807) is 31.2 Å². The van der Waals surface area contributed by atoms with Crippen LogP contribution in [0.3, 0.4) is 0 Å². The van der Waals surface area contributed by atoms with Crippen molar-refractivity contribution >= 4 is 27.1 Å². The van der Waals surface area contributed by atoms with E-state index in [0.717, 1.165) is 43.6 Å². The van der Waals surface area contributed by atoms with Crippen molar-refractivity contribution in [1.29, 1.82) is 0 Å². The predicted molar refractivity (Wildman–Crippen MR) is 157 cm³/mol. The van der Waals surface area contributed by atoms with Gasteiger partial charge >= 0.3 is 0 Å². The summed E-state index contributed by atoms with van der Waals surface area (Å²) >= 11 is 0. The van der Waals surface area contributed by atoms with Gasteiger partial charge in [-0.05, 0) is 83.7 Å². The van der Waals surface area contributed by atoms with E-state index in [4.69, 9.17) is 0 Å². The lowest BCUT2D eigenvalue weighted by molar-refractivity contribution is -0.115. The average molecular weight is 533 g/mol. The van der Waals surface area contributed by atoms with Crippen molar-refractivity contribution in [1.82, 2.24) is 0 Å². The summed E-state index contributed by atoms with van der Waals surface area (Å²) in [5, 5.41) is 2.95. The maximum Gasteiger partial charge on any atom is 0.228 e. The van der Waals surface area contributed by atoms with Crippen molar-refractivity contribution in [3.63, 3.8) is 0 Å². The van der Waals surface area contributed by atoms with Crippen molar-refractivity contribution in [2.75, 3.05) is 29.1 Å². The van der Waals surface area contributed by atoms with Crippen LogP contribution >= 0.6 is 0 Å². The minimum atomic E-state index is -3.24. The minimum absolute atomic E-state index is 0.0620. The number of carbonyl (C=O) groups excluding carboxylic acids is 1. The third-order valence-electron chi connectivity index (χ3n) is 7.03. The summed E-state index contributed by atoms with van der Waals surface area (Å²) in [4.78, 5) is 15.3. The SMILES string of the molecule is CCS(=O)(=O)c1ccc(CC(=O)Nc2ccc(CCN3CCCc4ccc(CC(C)(C)C)cc43)cc2)cc1. The van der Waals surface area contributed by atoms with Crippen LogP contribution in [0.4, 0.5) is 11.4 Å². The van der Waals surface area contributed by atoms with Gasteiger partial charge < -0.3 is 10.2 Å². The first-order chi connectivity index (χ1) is 18.0. The molecule has 1 aliphatic rings. The van der Waals surface area contributed by atoms with Gasteiger partial charge in [0.15, 0.2) is 9.84 Å².